The highest BCUT2D eigenvalue weighted by atomic mass is 16.6. The van der Waals surface area contributed by atoms with E-state index in [4.69, 9.17) is 15.2 Å². The summed E-state index contributed by atoms with van der Waals surface area (Å²) in [5.41, 5.74) is 6.36. The van der Waals surface area contributed by atoms with Gasteiger partial charge in [0.15, 0.2) is 0 Å². The molecule has 18 heavy (non-hydrogen) atoms. The molecule has 1 aromatic rings. The van der Waals surface area contributed by atoms with Crippen LogP contribution in [0.25, 0.3) is 0 Å². The van der Waals surface area contributed by atoms with E-state index in [9.17, 15) is 4.79 Å². The zero-order chi connectivity index (χ0) is 13.0. The minimum atomic E-state index is -0.298. The van der Waals surface area contributed by atoms with Crippen molar-refractivity contribution in [2.75, 3.05) is 31.7 Å². The first-order chi connectivity index (χ1) is 8.74. The van der Waals surface area contributed by atoms with Gasteiger partial charge >= 0.3 is 6.09 Å². The average Bonchev–Trinajstić information content (AvgIpc) is 2.41. The van der Waals surface area contributed by atoms with E-state index in [1.54, 1.807) is 12.0 Å². The molecule has 1 fully saturated rings. The first-order valence-electron chi connectivity index (χ1n) is 6.03. The van der Waals surface area contributed by atoms with Crippen molar-refractivity contribution in [1.29, 1.82) is 0 Å². The van der Waals surface area contributed by atoms with Gasteiger partial charge in [0.05, 0.1) is 13.7 Å². The first kappa shape index (κ1) is 12.7. The van der Waals surface area contributed by atoms with Crippen LogP contribution in [0.4, 0.5) is 10.5 Å². The number of nitrogens with two attached hydrogens (primary N) is 1. The molecule has 1 amide bonds. The Hall–Kier alpha value is -1.75. The van der Waals surface area contributed by atoms with Gasteiger partial charge in [-0.05, 0) is 37.2 Å². The monoisotopic (exact) mass is 250 g/mol. The van der Waals surface area contributed by atoms with E-state index >= 15 is 0 Å². The van der Waals surface area contributed by atoms with Gasteiger partial charge in [0.2, 0.25) is 0 Å². The molecule has 1 unspecified atom stereocenters. The van der Waals surface area contributed by atoms with Gasteiger partial charge in [0, 0.05) is 18.2 Å². The summed E-state index contributed by atoms with van der Waals surface area (Å²) >= 11 is 0. The lowest BCUT2D eigenvalue weighted by Crippen LogP contribution is -2.43. The normalized spacial score (nSPS) is 19.6. The maximum Gasteiger partial charge on any atom is 0.414 e. The highest BCUT2D eigenvalue weighted by Gasteiger charge is 2.27. The maximum atomic E-state index is 11.7. The van der Waals surface area contributed by atoms with Crippen molar-refractivity contribution in [3.8, 4) is 5.75 Å². The van der Waals surface area contributed by atoms with Gasteiger partial charge in [-0.2, -0.15) is 0 Å². The topological polar surface area (TPSA) is 64.8 Å². The number of methoxy groups -OCH3 is 1. The number of benzene rings is 1. The molecule has 5 nitrogen and oxygen atoms in total. The fourth-order valence-electron chi connectivity index (χ4n) is 2.04. The molecule has 2 N–H and O–H groups in total. The zero-order valence-corrected chi connectivity index (χ0v) is 10.5. The number of amides is 1. The van der Waals surface area contributed by atoms with Crippen LogP contribution in [0.3, 0.4) is 0 Å². The molecule has 0 aromatic heterocycles. The van der Waals surface area contributed by atoms with Crippen LogP contribution in [0.5, 0.6) is 5.75 Å². The Morgan fingerprint density at radius 1 is 1.44 bits per heavy atom. The lowest BCUT2D eigenvalue weighted by atomic mass is 10.0. The molecule has 1 aromatic carbocycles. The van der Waals surface area contributed by atoms with Gasteiger partial charge in [-0.15, -0.1) is 0 Å². The van der Waals surface area contributed by atoms with Crippen LogP contribution in [0.15, 0.2) is 24.3 Å². The van der Waals surface area contributed by atoms with Gasteiger partial charge in [-0.3, -0.25) is 4.90 Å². The number of ether oxygens (including phenoxy) is 2. The van der Waals surface area contributed by atoms with Crippen LogP contribution in [-0.2, 0) is 4.74 Å². The van der Waals surface area contributed by atoms with Crippen molar-refractivity contribution < 1.29 is 14.3 Å². The molecule has 1 saturated heterocycles. The minimum Gasteiger partial charge on any atom is -0.497 e. The summed E-state index contributed by atoms with van der Waals surface area (Å²) in [4.78, 5) is 13.4. The van der Waals surface area contributed by atoms with E-state index in [0.717, 1.165) is 17.9 Å². The number of nitrogens with zero attached hydrogens (tertiary/aromatic N) is 1. The van der Waals surface area contributed by atoms with Crippen molar-refractivity contribution >= 4 is 11.8 Å². The molecule has 0 bridgehead atoms. The van der Waals surface area contributed by atoms with Gasteiger partial charge in [-0.1, -0.05) is 0 Å². The second kappa shape index (κ2) is 5.73. The van der Waals surface area contributed by atoms with Crippen LogP contribution in [0.1, 0.15) is 6.42 Å². The Morgan fingerprint density at radius 3 is 2.78 bits per heavy atom. The fraction of sp³-hybridized carbons (Fsp3) is 0.462. The van der Waals surface area contributed by atoms with Gasteiger partial charge in [0.1, 0.15) is 5.75 Å². The van der Waals surface area contributed by atoms with E-state index in [-0.39, 0.29) is 6.09 Å². The standard InChI is InChI=1S/C13H18N2O3/c1-17-12-4-2-11(3-5-12)15-8-10(6-7-14)9-18-13(15)16/h2-5,10H,6-9,14H2,1H3. The van der Waals surface area contributed by atoms with Crippen LogP contribution in [0, 0.1) is 5.92 Å². The van der Waals surface area contributed by atoms with Crippen molar-refractivity contribution in [2.24, 2.45) is 11.7 Å². The summed E-state index contributed by atoms with van der Waals surface area (Å²) in [6.07, 6.45) is 0.563. The van der Waals surface area contributed by atoms with Crippen LogP contribution < -0.4 is 15.4 Å². The number of hydrogen-bond donors (Lipinski definition) is 1. The quantitative estimate of drug-likeness (QED) is 0.881. The number of hydrogen-bond acceptors (Lipinski definition) is 4. The van der Waals surface area contributed by atoms with Crippen LogP contribution >= 0.6 is 0 Å². The number of carbonyl (C=O) groups excluding carboxylic acids is 1. The molecule has 1 atom stereocenters. The van der Waals surface area contributed by atoms with Gasteiger partial charge in [-0.25, -0.2) is 4.79 Å². The van der Waals surface area contributed by atoms with E-state index < -0.39 is 0 Å². The van der Waals surface area contributed by atoms with E-state index in [2.05, 4.69) is 0 Å². The molecule has 1 heterocycles. The Labute approximate surface area is 106 Å². The lowest BCUT2D eigenvalue weighted by molar-refractivity contribution is 0.113. The van der Waals surface area contributed by atoms with Crippen molar-refractivity contribution in [3.05, 3.63) is 24.3 Å². The number of carbonyl (C=O) groups is 1. The summed E-state index contributed by atoms with van der Waals surface area (Å²) in [6.45, 7) is 1.73. The van der Waals surface area contributed by atoms with Gasteiger partial charge in [0.25, 0.3) is 0 Å². The van der Waals surface area contributed by atoms with Gasteiger partial charge < -0.3 is 15.2 Å². The SMILES string of the molecule is COc1ccc(N2CC(CCN)COC2=O)cc1. The summed E-state index contributed by atoms with van der Waals surface area (Å²) in [5.74, 6) is 1.07. The molecule has 0 radical (unpaired) electrons. The summed E-state index contributed by atoms with van der Waals surface area (Å²) in [6, 6.07) is 7.36. The smallest absolute Gasteiger partial charge is 0.414 e. The number of rotatable bonds is 4. The molecule has 5 heteroatoms. The molecular weight excluding hydrogens is 232 g/mol. The van der Waals surface area contributed by atoms with Crippen LogP contribution in [-0.4, -0.2) is 32.9 Å². The van der Waals surface area contributed by atoms with E-state index in [1.807, 2.05) is 24.3 Å². The molecule has 0 spiro atoms. The summed E-state index contributed by atoms with van der Waals surface area (Å²) < 4.78 is 10.3. The van der Waals surface area contributed by atoms with E-state index in [1.165, 1.54) is 0 Å². The third kappa shape index (κ3) is 2.73. The third-order valence-electron chi connectivity index (χ3n) is 3.06. The summed E-state index contributed by atoms with van der Waals surface area (Å²) in [5, 5.41) is 0. The predicted octanol–water partition coefficient (Wildman–Crippen LogP) is 1.62. The van der Waals surface area contributed by atoms with Crippen molar-refractivity contribution in [1.82, 2.24) is 0 Å². The Morgan fingerprint density at radius 2 is 2.17 bits per heavy atom. The molecule has 98 valence electrons. The molecule has 1 aliphatic heterocycles. The molecule has 2 rings (SSSR count). The first-order valence-corrected chi connectivity index (χ1v) is 6.03. The molecular formula is C13H18N2O3. The molecule has 0 aliphatic carbocycles. The number of cyclic esters (lactones) is 1. The molecule has 0 saturated carbocycles. The lowest BCUT2D eigenvalue weighted by Gasteiger charge is -2.32. The third-order valence-corrected chi connectivity index (χ3v) is 3.06. The molecule has 1 aliphatic rings. The number of anilines is 1. The largest absolute Gasteiger partial charge is 0.497 e. The minimum absolute atomic E-state index is 0.298. The Kier molecular flexibility index (Phi) is 4.04. The summed E-state index contributed by atoms with van der Waals surface area (Å²) in [7, 11) is 1.61. The zero-order valence-electron chi connectivity index (χ0n) is 10.5. The maximum absolute atomic E-state index is 11.7. The van der Waals surface area contributed by atoms with Crippen LogP contribution in [0.2, 0.25) is 0 Å². The fourth-order valence-corrected chi connectivity index (χ4v) is 2.04. The second-order valence-corrected chi connectivity index (χ2v) is 4.33. The highest BCUT2D eigenvalue weighted by Crippen LogP contribution is 2.24. The van der Waals surface area contributed by atoms with Crippen molar-refractivity contribution in [3.63, 3.8) is 0 Å². The second-order valence-electron chi connectivity index (χ2n) is 4.33. The average molecular weight is 250 g/mol. The Balaban J connectivity index is 2.11. The van der Waals surface area contributed by atoms with E-state index in [0.29, 0.717) is 25.6 Å². The Bertz CT molecular complexity index is 405. The van der Waals surface area contributed by atoms with Crippen molar-refractivity contribution in [2.45, 2.75) is 6.42 Å². The predicted molar refractivity (Wildman–Crippen MR) is 68.8 cm³/mol. The highest BCUT2D eigenvalue weighted by molar-refractivity contribution is 5.88.